The van der Waals surface area contributed by atoms with E-state index in [9.17, 15) is 4.79 Å². The third-order valence-corrected chi connectivity index (χ3v) is 2.25. The standard InChI is InChI=1S/C11H11N3O/c1-8-4-3-5-12-9(8)10(15)11-13-6-7-14(11)2/h3-7H,1-2H3. The van der Waals surface area contributed by atoms with Gasteiger partial charge in [-0.05, 0) is 18.6 Å². The molecule has 0 aliphatic carbocycles. The summed E-state index contributed by atoms with van der Waals surface area (Å²) in [6.45, 7) is 1.86. The number of ketones is 1. The van der Waals surface area contributed by atoms with Crippen LogP contribution in [0.15, 0.2) is 30.7 Å². The molecule has 0 spiro atoms. The average Bonchev–Trinajstić information content (AvgIpc) is 2.64. The highest BCUT2D eigenvalue weighted by atomic mass is 16.1. The first kappa shape index (κ1) is 9.58. The molecule has 2 aromatic rings. The molecule has 0 bridgehead atoms. The number of pyridine rings is 1. The molecule has 0 radical (unpaired) electrons. The first-order valence-corrected chi connectivity index (χ1v) is 4.64. The number of carbonyl (C=O) groups excluding carboxylic acids is 1. The Morgan fingerprint density at radius 2 is 2.13 bits per heavy atom. The predicted octanol–water partition coefficient (Wildman–Crippen LogP) is 1.35. The summed E-state index contributed by atoms with van der Waals surface area (Å²) < 4.78 is 1.69. The molecule has 0 saturated heterocycles. The SMILES string of the molecule is Cc1cccnc1C(=O)c1nccn1C. The van der Waals surface area contributed by atoms with Crippen molar-refractivity contribution < 1.29 is 4.79 Å². The highest BCUT2D eigenvalue weighted by molar-refractivity contribution is 6.06. The van der Waals surface area contributed by atoms with E-state index in [1.807, 2.05) is 19.1 Å². The summed E-state index contributed by atoms with van der Waals surface area (Å²) in [7, 11) is 1.79. The van der Waals surface area contributed by atoms with Crippen molar-refractivity contribution >= 4 is 5.78 Å². The van der Waals surface area contributed by atoms with Crippen molar-refractivity contribution in [3.63, 3.8) is 0 Å². The zero-order valence-corrected chi connectivity index (χ0v) is 8.64. The van der Waals surface area contributed by atoms with Crippen LogP contribution in [0.3, 0.4) is 0 Å². The molecule has 0 saturated carbocycles. The van der Waals surface area contributed by atoms with Crippen LogP contribution in [0.4, 0.5) is 0 Å². The molecule has 2 heterocycles. The molecule has 0 aromatic carbocycles. The lowest BCUT2D eigenvalue weighted by Crippen LogP contribution is -2.11. The summed E-state index contributed by atoms with van der Waals surface area (Å²) in [6, 6.07) is 3.67. The van der Waals surface area contributed by atoms with Crippen LogP contribution in [0.2, 0.25) is 0 Å². The topological polar surface area (TPSA) is 47.8 Å². The molecule has 4 nitrogen and oxygen atoms in total. The second-order valence-corrected chi connectivity index (χ2v) is 3.36. The van der Waals surface area contributed by atoms with Gasteiger partial charge < -0.3 is 4.57 Å². The minimum Gasteiger partial charge on any atom is -0.331 e. The van der Waals surface area contributed by atoms with Crippen LogP contribution < -0.4 is 0 Å². The van der Waals surface area contributed by atoms with Gasteiger partial charge >= 0.3 is 0 Å². The van der Waals surface area contributed by atoms with Gasteiger partial charge in [-0.1, -0.05) is 6.07 Å². The second-order valence-electron chi connectivity index (χ2n) is 3.36. The third kappa shape index (κ3) is 1.66. The van der Waals surface area contributed by atoms with Crippen molar-refractivity contribution in [1.82, 2.24) is 14.5 Å². The Balaban J connectivity index is 2.46. The van der Waals surface area contributed by atoms with Gasteiger partial charge in [0.05, 0.1) is 0 Å². The van der Waals surface area contributed by atoms with Gasteiger partial charge in [0.15, 0.2) is 5.82 Å². The maximum atomic E-state index is 12.0. The Morgan fingerprint density at radius 3 is 2.73 bits per heavy atom. The van der Waals surface area contributed by atoms with Gasteiger partial charge in [0.2, 0.25) is 5.78 Å². The van der Waals surface area contributed by atoms with Gasteiger partial charge in [-0.25, -0.2) is 4.98 Å². The highest BCUT2D eigenvalue weighted by Crippen LogP contribution is 2.09. The van der Waals surface area contributed by atoms with E-state index in [2.05, 4.69) is 9.97 Å². The van der Waals surface area contributed by atoms with Crippen molar-refractivity contribution in [3.8, 4) is 0 Å². The van der Waals surface area contributed by atoms with Crippen LogP contribution in [-0.2, 0) is 7.05 Å². The Bertz CT molecular complexity index is 502. The van der Waals surface area contributed by atoms with Gasteiger partial charge in [0.25, 0.3) is 0 Å². The quantitative estimate of drug-likeness (QED) is 0.689. The van der Waals surface area contributed by atoms with Crippen molar-refractivity contribution in [1.29, 1.82) is 0 Å². The zero-order valence-electron chi connectivity index (χ0n) is 8.64. The lowest BCUT2D eigenvalue weighted by molar-refractivity contribution is 0.102. The number of hydrogen-bond acceptors (Lipinski definition) is 3. The number of hydrogen-bond donors (Lipinski definition) is 0. The molecule has 0 aliphatic rings. The van der Waals surface area contributed by atoms with Gasteiger partial charge in [0, 0.05) is 25.6 Å². The third-order valence-electron chi connectivity index (χ3n) is 2.25. The number of aromatic nitrogens is 3. The number of carbonyl (C=O) groups is 1. The van der Waals surface area contributed by atoms with Crippen LogP contribution in [0.25, 0.3) is 0 Å². The summed E-state index contributed by atoms with van der Waals surface area (Å²) in [6.07, 6.45) is 4.96. The van der Waals surface area contributed by atoms with Crippen molar-refractivity contribution in [2.24, 2.45) is 7.05 Å². The molecular weight excluding hydrogens is 190 g/mol. The number of nitrogens with zero attached hydrogens (tertiary/aromatic N) is 3. The molecule has 4 heteroatoms. The Hall–Kier alpha value is -1.97. The second kappa shape index (κ2) is 3.65. The minimum absolute atomic E-state index is 0.138. The van der Waals surface area contributed by atoms with E-state index < -0.39 is 0 Å². The maximum Gasteiger partial charge on any atom is 0.246 e. The van der Waals surface area contributed by atoms with Gasteiger partial charge in [-0.2, -0.15) is 0 Å². The van der Waals surface area contributed by atoms with Crippen LogP contribution in [0.1, 0.15) is 21.9 Å². The molecule has 0 atom stereocenters. The van der Waals surface area contributed by atoms with Crippen molar-refractivity contribution in [2.45, 2.75) is 6.92 Å². The summed E-state index contributed by atoms with van der Waals surface area (Å²) in [4.78, 5) is 20.1. The first-order valence-electron chi connectivity index (χ1n) is 4.64. The van der Waals surface area contributed by atoms with Crippen molar-refractivity contribution in [2.75, 3.05) is 0 Å². The Morgan fingerprint density at radius 1 is 1.33 bits per heavy atom. The summed E-state index contributed by atoms with van der Waals surface area (Å²) in [5.41, 5.74) is 1.33. The zero-order chi connectivity index (χ0) is 10.8. The lowest BCUT2D eigenvalue weighted by Gasteiger charge is -2.02. The van der Waals surface area contributed by atoms with E-state index in [0.717, 1.165) is 5.56 Å². The van der Waals surface area contributed by atoms with Crippen LogP contribution >= 0.6 is 0 Å². The lowest BCUT2D eigenvalue weighted by atomic mass is 10.1. The molecule has 0 aliphatic heterocycles. The molecule has 0 N–H and O–H groups in total. The summed E-state index contributed by atoms with van der Waals surface area (Å²) in [5.74, 6) is 0.275. The minimum atomic E-state index is -0.138. The normalized spacial score (nSPS) is 10.3. The molecule has 15 heavy (non-hydrogen) atoms. The Labute approximate surface area is 87.6 Å². The maximum absolute atomic E-state index is 12.0. The molecule has 0 amide bonds. The largest absolute Gasteiger partial charge is 0.331 e. The molecule has 0 unspecified atom stereocenters. The average molecular weight is 201 g/mol. The number of aryl methyl sites for hydroxylation is 2. The predicted molar refractivity (Wildman–Crippen MR) is 55.6 cm³/mol. The van der Waals surface area contributed by atoms with Crippen molar-refractivity contribution in [3.05, 3.63) is 47.8 Å². The smallest absolute Gasteiger partial charge is 0.246 e. The van der Waals surface area contributed by atoms with Crippen LogP contribution in [-0.4, -0.2) is 20.3 Å². The molecule has 2 aromatic heterocycles. The molecule has 2 rings (SSSR count). The fourth-order valence-corrected chi connectivity index (χ4v) is 1.41. The van der Waals surface area contributed by atoms with E-state index in [1.54, 1.807) is 30.2 Å². The number of rotatable bonds is 2. The summed E-state index contributed by atoms with van der Waals surface area (Å²) in [5, 5.41) is 0. The Kier molecular flexibility index (Phi) is 2.33. The fourth-order valence-electron chi connectivity index (χ4n) is 1.41. The monoisotopic (exact) mass is 201 g/mol. The van der Waals surface area contributed by atoms with Gasteiger partial charge in [0.1, 0.15) is 5.69 Å². The fraction of sp³-hybridized carbons (Fsp3) is 0.182. The van der Waals surface area contributed by atoms with E-state index in [-0.39, 0.29) is 5.78 Å². The molecule has 0 fully saturated rings. The first-order chi connectivity index (χ1) is 7.20. The van der Waals surface area contributed by atoms with Gasteiger partial charge in [-0.15, -0.1) is 0 Å². The van der Waals surface area contributed by atoms with E-state index in [1.165, 1.54) is 0 Å². The van der Waals surface area contributed by atoms with E-state index in [4.69, 9.17) is 0 Å². The van der Waals surface area contributed by atoms with Gasteiger partial charge in [-0.3, -0.25) is 9.78 Å². The van der Waals surface area contributed by atoms with Crippen LogP contribution in [0, 0.1) is 6.92 Å². The van der Waals surface area contributed by atoms with E-state index >= 15 is 0 Å². The molecule has 76 valence electrons. The van der Waals surface area contributed by atoms with Crippen LogP contribution in [0.5, 0.6) is 0 Å². The highest BCUT2D eigenvalue weighted by Gasteiger charge is 2.16. The van der Waals surface area contributed by atoms with E-state index in [0.29, 0.717) is 11.5 Å². The molecular formula is C11H11N3O. The number of imidazole rings is 1. The summed E-state index contributed by atoms with van der Waals surface area (Å²) >= 11 is 0.